The quantitative estimate of drug-likeness (QED) is 0.829. The molecule has 0 saturated heterocycles. The van der Waals surface area contributed by atoms with Crippen LogP contribution < -0.4 is 4.74 Å². The summed E-state index contributed by atoms with van der Waals surface area (Å²) in [4.78, 5) is 0. The molecule has 0 fully saturated rings. The van der Waals surface area contributed by atoms with Crippen LogP contribution in [-0.2, 0) is 14.6 Å². The van der Waals surface area contributed by atoms with Crippen molar-refractivity contribution in [1.82, 2.24) is 0 Å². The lowest BCUT2D eigenvalue weighted by molar-refractivity contribution is 0.124. The summed E-state index contributed by atoms with van der Waals surface area (Å²) in [6.07, 6.45) is -0.638. The van der Waals surface area contributed by atoms with Gasteiger partial charge in [0, 0.05) is 0 Å². The Morgan fingerprint density at radius 1 is 0.950 bits per heavy atom. The summed E-state index contributed by atoms with van der Waals surface area (Å²) in [5.74, 6) is 0.584. The van der Waals surface area contributed by atoms with Gasteiger partial charge in [0.1, 0.15) is 18.5 Å². The number of ether oxygens (including phenoxy) is 1. The van der Waals surface area contributed by atoms with Gasteiger partial charge in [-0.1, -0.05) is 48.5 Å². The van der Waals surface area contributed by atoms with Gasteiger partial charge in [-0.3, -0.25) is 4.55 Å². The zero-order chi connectivity index (χ0) is 14.4. The molecule has 2 rings (SSSR count). The molecule has 1 atom stereocenters. The fourth-order valence-electron chi connectivity index (χ4n) is 1.68. The Balaban J connectivity index is 2.16. The SMILES string of the molecule is O=S(=O)(O)OCC(Oc1ccccc1)c1ccccc1. The fourth-order valence-corrected chi connectivity index (χ4v) is 1.97. The van der Waals surface area contributed by atoms with E-state index in [0.29, 0.717) is 5.75 Å². The fraction of sp³-hybridized carbons (Fsp3) is 0.143. The first-order valence-corrected chi connectivity index (χ1v) is 7.29. The van der Waals surface area contributed by atoms with Crippen molar-refractivity contribution in [3.05, 3.63) is 66.2 Å². The van der Waals surface area contributed by atoms with E-state index in [4.69, 9.17) is 9.29 Å². The smallest absolute Gasteiger partial charge is 0.397 e. The summed E-state index contributed by atoms with van der Waals surface area (Å²) in [5.41, 5.74) is 0.750. The van der Waals surface area contributed by atoms with Gasteiger partial charge in [-0.05, 0) is 17.7 Å². The van der Waals surface area contributed by atoms with Crippen LogP contribution >= 0.6 is 0 Å². The van der Waals surface area contributed by atoms with Crippen LogP contribution in [0.5, 0.6) is 5.75 Å². The lowest BCUT2D eigenvalue weighted by Crippen LogP contribution is -2.17. The van der Waals surface area contributed by atoms with Crippen molar-refractivity contribution < 1.29 is 21.9 Å². The third kappa shape index (κ3) is 4.65. The zero-order valence-electron chi connectivity index (χ0n) is 10.5. The average Bonchev–Trinajstić information content (AvgIpc) is 2.44. The molecule has 2 aromatic rings. The summed E-state index contributed by atoms with van der Waals surface area (Å²) < 4.78 is 40.2. The minimum absolute atomic E-state index is 0.308. The van der Waals surface area contributed by atoms with E-state index in [0.717, 1.165) is 5.56 Å². The third-order valence-electron chi connectivity index (χ3n) is 2.56. The first-order valence-electron chi connectivity index (χ1n) is 5.93. The molecule has 1 N–H and O–H groups in total. The first kappa shape index (κ1) is 14.5. The maximum absolute atomic E-state index is 10.7. The van der Waals surface area contributed by atoms with Gasteiger partial charge in [-0.25, -0.2) is 4.18 Å². The monoisotopic (exact) mass is 294 g/mol. The number of hydrogen-bond donors (Lipinski definition) is 1. The van der Waals surface area contributed by atoms with Gasteiger partial charge in [0.05, 0.1) is 0 Å². The van der Waals surface area contributed by atoms with Crippen LogP contribution in [0.2, 0.25) is 0 Å². The molecule has 0 radical (unpaired) electrons. The van der Waals surface area contributed by atoms with E-state index in [1.165, 1.54) is 0 Å². The molecule has 0 bridgehead atoms. The largest absolute Gasteiger partial charge is 0.483 e. The van der Waals surface area contributed by atoms with E-state index >= 15 is 0 Å². The maximum atomic E-state index is 10.7. The summed E-state index contributed by atoms with van der Waals surface area (Å²) >= 11 is 0. The lowest BCUT2D eigenvalue weighted by Gasteiger charge is -2.18. The average molecular weight is 294 g/mol. The molecular formula is C14H14O5S. The van der Waals surface area contributed by atoms with Gasteiger partial charge in [-0.15, -0.1) is 0 Å². The highest BCUT2D eigenvalue weighted by molar-refractivity contribution is 7.80. The second kappa shape index (κ2) is 6.51. The molecule has 2 aromatic carbocycles. The first-order chi connectivity index (χ1) is 9.54. The molecular weight excluding hydrogens is 280 g/mol. The molecule has 5 nitrogen and oxygen atoms in total. The Kier molecular flexibility index (Phi) is 4.73. The van der Waals surface area contributed by atoms with E-state index in [1.807, 2.05) is 24.3 Å². The van der Waals surface area contributed by atoms with Gasteiger partial charge in [0.25, 0.3) is 0 Å². The molecule has 0 aliphatic heterocycles. The van der Waals surface area contributed by atoms with Crippen molar-refractivity contribution in [3.8, 4) is 5.75 Å². The molecule has 0 heterocycles. The molecule has 0 spiro atoms. The van der Waals surface area contributed by atoms with Crippen LogP contribution in [0.1, 0.15) is 11.7 Å². The van der Waals surface area contributed by atoms with Crippen LogP contribution in [0.15, 0.2) is 60.7 Å². The second-order valence-electron chi connectivity index (χ2n) is 4.04. The Morgan fingerprint density at radius 3 is 2.05 bits per heavy atom. The summed E-state index contributed by atoms with van der Waals surface area (Å²) in [6.45, 7) is -0.308. The van der Waals surface area contributed by atoms with Crippen LogP contribution in [0.25, 0.3) is 0 Å². The normalized spacial score (nSPS) is 12.8. The standard InChI is InChI=1S/C14H14O5S/c15-20(16,17)18-11-14(12-7-3-1-4-8-12)19-13-9-5-2-6-10-13/h1-10,14H,11H2,(H,15,16,17). The topological polar surface area (TPSA) is 72.8 Å². The molecule has 0 amide bonds. The molecule has 0 saturated carbocycles. The molecule has 20 heavy (non-hydrogen) atoms. The Hall–Kier alpha value is -1.89. The number of benzene rings is 2. The predicted molar refractivity (Wildman–Crippen MR) is 73.8 cm³/mol. The highest BCUT2D eigenvalue weighted by atomic mass is 32.3. The number of para-hydroxylation sites is 1. The van der Waals surface area contributed by atoms with Crippen molar-refractivity contribution in [2.45, 2.75) is 6.10 Å². The molecule has 0 aromatic heterocycles. The maximum Gasteiger partial charge on any atom is 0.397 e. The molecule has 6 heteroatoms. The van der Waals surface area contributed by atoms with Crippen LogP contribution in [0, 0.1) is 0 Å². The van der Waals surface area contributed by atoms with Crippen LogP contribution in [0.4, 0.5) is 0 Å². The zero-order valence-corrected chi connectivity index (χ0v) is 11.4. The van der Waals surface area contributed by atoms with Gasteiger partial charge < -0.3 is 4.74 Å². The van der Waals surface area contributed by atoms with Gasteiger partial charge in [0.15, 0.2) is 0 Å². The van der Waals surface area contributed by atoms with Gasteiger partial charge in [0.2, 0.25) is 0 Å². The Labute approximate surface area is 117 Å². The molecule has 1 unspecified atom stereocenters. The molecule has 106 valence electrons. The van der Waals surface area contributed by atoms with Crippen molar-refractivity contribution in [1.29, 1.82) is 0 Å². The summed E-state index contributed by atoms with van der Waals surface area (Å²) in [7, 11) is -4.50. The minimum atomic E-state index is -4.50. The van der Waals surface area contributed by atoms with Gasteiger partial charge >= 0.3 is 10.4 Å². The van der Waals surface area contributed by atoms with E-state index in [1.54, 1.807) is 36.4 Å². The van der Waals surface area contributed by atoms with Crippen molar-refractivity contribution in [2.75, 3.05) is 6.61 Å². The van der Waals surface area contributed by atoms with E-state index in [9.17, 15) is 8.42 Å². The van der Waals surface area contributed by atoms with Crippen molar-refractivity contribution in [3.63, 3.8) is 0 Å². The summed E-state index contributed by atoms with van der Waals surface area (Å²) in [5, 5.41) is 0. The van der Waals surface area contributed by atoms with Crippen molar-refractivity contribution in [2.24, 2.45) is 0 Å². The van der Waals surface area contributed by atoms with E-state index < -0.39 is 16.5 Å². The van der Waals surface area contributed by atoms with Crippen LogP contribution in [-0.4, -0.2) is 19.6 Å². The number of rotatable bonds is 6. The second-order valence-corrected chi connectivity index (χ2v) is 5.13. The summed E-state index contributed by atoms with van der Waals surface area (Å²) in [6, 6.07) is 18.0. The predicted octanol–water partition coefficient (Wildman–Crippen LogP) is 2.63. The van der Waals surface area contributed by atoms with E-state index in [2.05, 4.69) is 4.18 Å². The third-order valence-corrected chi connectivity index (χ3v) is 3.00. The molecule has 0 aliphatic carbocycles. The lowest BCUT2D eigenvalue weighted by atomic mass is 10.1. The number of hydrogen-bond acceptors (Lipinski definition) is 4. The molecule has 0 aliphatic rings. The Morgan fingerprint density at radius 2 is 1.50 bits per heavy atom. The highest BCUT2D eigenvalue weighted by Gasteiger charge is 2.17. The van der Waals surface area contributed by atoms with E-state index in [-0.39, 0.29) is 6.61 Å². The Bertz CT molecular complexity index is 625. The highest BCUT2D eigenvalue weighted by Crippen LogP contribution is 2.22. The van der Waals surface area contributed by atoms with Crippen LogP contribution in [0.3, 0.4) is 0 Å². The minimum Gasteiger partial charge on any atom is -0.483 e. The van der Waals surface area contributed by atoms with Crippen molar-refractivity contribution >= 4 is 10.4 Å². The van der Waals surface area contributed by atoms with Gasteiger partial charge in [-0.2, -0.15) is 8.42 Å².